The van der Waals surface area contributed by atoms with E-state index in [2.05, 4.69) is 201 Å². The van der Waals surface area contributed by atoms with Crippen LogP contribution >= 0.6 is 0 Å². The van der Waals surface area contributed by atoms with Crippen LogP contribution in [-0.4, -0.2) is 205 Å². The summed E-state index contributed by atoms with van der Waals surface area (Å²) in [6, 6.07) is 9.41. The SMILES string of the molecule is CC(C)(C)N1C2CCC1CNC2.CC(C)(C)N1C2CCCC1C2.CC(C)(C)N1C2CCCC1CC2.CC(C)(C)N1C2CCNC1CC2.CC(C)(C)N1C2CNCC1C2.CC(C)(C)N1CC2CCC(C1)N2.CC(C)(C)N1CC2CCC(C2)C1. The van der Waals surface area contributed by atoms with E-state index >= 15 is 0 Å². The van der Waals surface area contributed by atoms with Gasteiger partial charge in [-0.2, -0.15) is 0 Å². The molecule has 16 rings (SSSR count). The zero-order valence-electron chi connectivity index (χ0n) is 58.2. The molecule has 0 aromatic heterocycles. The monoisotopic (exact) mass is 1150 g/mol. The van der Waals surface area contributed by atoms with Gasteiger partial charge in [-0.05, 0) is 279 Å². The highest BCUT2D eigenvalue weighted by Gasteiger charge is 2.49. The molecule has 0 spiro atoms. The van der Waals surface area contributed by atoms with Crippen molar-refractivity contribution in [1.29, 1.82) is 0 Å². The van der Waals surface area contributed by atoms with Gasteiger partial charge in [0.05, 0.1) is 6.17 Å². The largest absolute Gasteiger partial charge is 0.314 e. The molecule has 16 fully saturated rings. The van der Waals surface area contributed by atoms with E-state index in [1.165, 1.54) is 187 Å². The van der Waals surface area contributed by atoms with Crippen molar-refractivity contribution in [2.45, 2.75) is 385 Å². The molecule has 11 nitrogen and oxygen atoms in total. The average molecular weight is 1150 g/mol. The van der Waals surface area contributed by atoms with Crippen LogP contribution in [0.1, 0.15) is 274 Å². The molecule has 2 aliphatic carbocycles. The number of hydrogen-bond acceptors (Lipinski definition) is 11. The van der Waals surface area contributed by atoms with Crippen LogP contribution in [0.2, 0.25) is 0 Å². The molecule has 14 heterocycles. The number of piperidine rings is 4. The van der Waals surface area contributed by atoms with Gasteiger partial charge in [0.2, 0.25) is 0 Å². The normalized spacial score (nSPS) is 37.6. The Labute approximate surface area is 509 Å². The van der Waals surface area contributed by atoms with Gasteiger partial charge < -0.3 is 21.3 Å². The molecule has 14 saturated heterocycles. The van der Waals surface area contributed by atoms with Gasteiger partial charge in [0, 0.05) is 158 Å². The topological polar surface area (TPSA) is 70.8 Å². The van der Waals surface area contributed by atoms with E-state index in [0.29, 0.717) is 44.9 Å². The molecular formula is C71H139N11. The maximum absolute atomic E-state index is 3.65. The number of nitrogens with one attached hydrogen (secondary N) is 4. The van der Waals surface area contributed by atoms with Crippen molar-refractivity contribution in [3.63, 3.8) is 0 Å². The van der Waals surface area contributed by atoms with Gasteiger partial charge in [0.15, 0.2) is 0 Å². The molecule has 4 N–H and O–H groups in total. The second kappa shape index (κ2) is 26.9. The van der Waals surface area contributed by atoms with E-state index < -0.39 is 0 Å². The van der Waals surface area contributed by atoms with Crippen molar-refractivity contribution in [3.8, 4) is 0 Å². The van der Waals surface area contributed by atoms with Crippen molar-refractivity contribution < 1.29 is 0 Å². The Morgan fingerprint density at radius 3 is 0.963 bits per heavy atom. The van der Waals surface area contributed by atoms with E-state index in [0.717, 1.165) is 78.3 Å². The van der Waals surface area contributed by atoms with Crippen molar-refractivity contribution in [1.82, 2.24) is 55.6 Å². The lowest BCUT2D eigenvalue weighted by molar-refractivity contribution is -0.0899. The summed E-state index contributed by atoms with van der Waals surface area (Å²) >= 11 is 0. The molecule has 0 radical (unpaired) electrons. The Balaban J connectivity index is 0.000000125. The fourth-order valence-electron chi connectivity index (χ4n) is 19.5. The second-order valence-electron chi connectivity index (χ2n) is 36.2. The van der Waals surface area contributed by atoms with E-state index in [4.69, 9.17) is 0 Å². The highest BCUT2D eigenvalue weighted by Crippen LogP contribution is 2.44. The van der Waals surface area contributed by atoms with Crippen molar-refractivity contribution in [2.75, 3.05) is 58.9 Å². The Hall–Kier alpha value is -0.440. The minimum Gasteiger partial charge on any atom is -0.314 e. The van der Waals surface area contributed by atoms with E-state index in [1.807, 2.05) is 0 Å². The smallest absolute Gasteiger partial charge is 0.0604 e. The quantitative estimate of drug-likeness (QED) is 0.188. The maximum Gasteiger partial charge on any atom is 0.0604 e. The first-order chi connectivity index (χ1) is 38.1. The number of hydrogen-bond donors (Lipinski definition) is 4. The van der Waals surface area contributed by atoms with Crippen LogP contribution in [0.3, 0.4) is 0 Å². The molecule has 0 aromatic carbocycles. The van der Waals surface area contributed by atoms with Crippen molar-refractivity contribution in [2.24, 2.45) is 11.8 Å². The molecule has 14 aliphatic heterocycles. The van der Waals surface area contributed by atoms with Crippen molar-refractivity contribution >= 4 is 0 Å². The Bertz CT molecular complexity index is 1670. The Morgan fingerprint density at radius 2 is 0.622 bits per heavy atom. The van der Waals surface area contributed by atoms with Crippen LogP contribution < -0.4 is 21.3 Å². The minimum absolute atomic E-state index is 0.346. The summed E-state index contributed by atoms with van der Waals surface area (Å²) in [6.07, 6.45) is 29.4. The third-order valence-corrected chi connectivity index (χ3v) is 22.5. The first-order valence-corrected chi connectivity index (χ1v) is 35.4. The summed E-state index contributed by atoms with van der Waals surface area (Å²) in [5.74, 6) is 2.06. The standard InChI is InChI=1S/2C11H21N.3C10H20N2.C10H19N.C9H18N2/c1-11(2,3)12-7-9-4-5-10(6-9)8-12;1-11(2,3)12-9-5-4-6-10(12)8-7-9;1-10(2,3)12-6-8-4-5-9(7-12)11-8;1-10(2,3)12-8-4-5-9(12)7-11-6-8;1-10(2,3)12-8-4-5-9(12)11-7-6-8;1-10(2,3)11-8-5-4-6-9(11)7-8;1-9(2,3)11-7-4-8(11)6-10-5-7/h2*9-10H,4-8H2,1-3H3;3*8-9,11H,4-7H2,1-3H3;8-9H,4-7H2,1-3H3;7-8,10H,4-6H2,1-3H3. The van der Waals surface area contributed by atoms with Crippen molar-refractivity contribution in [3.05, 3.63) is 0 Å². The van der Waals surface area contributed by atoms with Crippen LogP contribution in [0.5, 0.6) is 0 Å². The lowest BCUT2D eigenvalue weighted by atomic mass is 9.76. The number of likely N-dealkylation sites (tertiary alicyclic amines) is 2. The van der Waals surface area contributed by atoms with Gasteiger partial charge in [-0.25, -0.2) is 0 Å². The molecule has 16 aliphatic rings. The molecule has 14 unspecified atom stereocenters. The molecule has 14 bridgehead atoms. The predicted molar refractivity (Wildman–Crippen MR) is 352 cm³/mol. The number of rotatable bonds is 0. The van der Waals surface area contributed by atoms with E-state index in [1.54, 1.807) is 0 Å². The van der Waals surface area contributed by atoms with Gasteiger partial charge >= 0.3 is 0 Å². The fraction of sp³-hybridized carbons (Fsp3) is 1.00. The van der Waals surface area contributed by atoms with Gasteiger partial charge in [-0.3, -0.25) is 34.3 Å². The zero-order valence-corrected chi connectivity index (χ0v) is 58.2. The molecule has 11 heteroatoms. The molecular weight excluding hydrogens is 1010 g/mol. The highest BCUT2D eigenvalue weighted by atomic mass is 15.4. The van der Waals surface area contributed by atoms with Crippen LogP contribution in [0.15, 0.2) is 0 Å². The lowest BCUT2D eigenvalue weighted by Crippen LogP contribution is -2.72. The minimum atomic E-state index is 0.346. The first-order valence-electron chi connectivity index (χ1n) is 35.4. The third kappa shape index (κ3) is 17.3. The highest BCUT2D eigenvalue weighted by molar-refractivity contribution is 5.06. The second-order valence-corrected chi connectivity index (χ2v) is 36.2. The van der Waals surface area contributed by atoms with Crippen LogP contribution in [0.4, 0.5) is 0 Å². The molecule has 82 heavy (non-hydrogen) atoms. The summed E-state index contributed by atoms with van der Waals surface area (Å²) in [4.78, 5) is 18.8. The van der Waals surface area contributed by atoms with Gasteiger partial charge in [-0.15, -0.1) is 0 Å². The lowest BCUT2D eigenvalue weighted by Gasteiger charge is -2.59. The number of nitrogens with zero attached hydrogens (tertiary/aromatic N) is 7. The van der Waals surface area contributed by atoms with E-state index in [-0.39, 0.29) is 0 Å². The van der Waals surface area contributed by atoms with E-state index in [9.17, 15) is 0 Å². The summed E-state index contributed by atoms with van der Waals surface area (Å²) < 4.78 is 0. The third-order valence-electron chi connectivity index (χ3n) is 22.5. The van der Waals surface area contributed by atoms with Crippen LogP contribution in [0, 0.1) is 11.8 Å². The number of fused-ring (bicyclic) bond motifs is 14. The summed E-state index contributed by atoms with van der Waals surface area (Å²) in [6.45, 7) is 60.3. The zero-order chi connectivity index (χ0) is 60.0. The molecule has 0 aromatic rings. The Kier molecular flexibility index (Phi) is 22.2. The summed E-state index contributed by atoms with van der Waals surface area (Å²) in [7, 11) is 0. The van der Waals surface area contributed by atoms with Gasteiger partial charge in [-0.1, -0.05) is 12.8 Å². The first kappa shape index (κ1) is 67.5. The number of piperazine rings is 3. The average Bonchev–Trinajstić information content (AvgIpc) is 4.30. The summed E-state index contributed by atoms with van der Waals surface area (Å²) in [5, 5.41) is 14.2. The molecule has 478 valence electrons. The van der Waals surface area contributed by atoms with Crippen LogP contribution in [-0.2, 0) is 0 Å². The molecule has 0 amide bonds. The molecule has 14 atom stereocenters. The fourth-order valence-corrected chi connectivity index (χ4v) is 19.5. The van der Waals surface area contributed by atoms with Gasteiger partial charge in [0.1, 0.15) is 0 Å². The maximum atomic E-state index is 3.65. The summed E-state index contributed by atoms with van der Waals surface area (Å²) in [5.41, 5.74) is 2.70. The van der Waals surface area contributed by atoms with Gasteiger partial charge in [0.25, 0.3) is 0 Å². The van der Waals surface area contributed by atoms with Crippen LogP contribution in [0.25, 0.3) is 0 Å². The molecule has 2 saturated carbocycles. The Morgan fingerprint density at radius 1 is 0.280 bits per heavy atom. The predicted octanol–water partition coefficient (Wildman–Crippen LogP) is 12.6.